The van der Waals surface area contributed by atoms with Crippen LogP contribution < -0.4 is 11.1 Å². The van der Waals surface area contributed by atoms with Crippen LogP contribution in [0.15, 0.2) is 53.0 Å². The van der Waals surface area contributed by atoms with Crippen molar-refractivity contribution in [2.75, 3.05) is 5.32 Å². The number of hydrogen-bond acceptors (Lipinski definition) is 4. The van der Waals surface area contributed by atoms with Gasteiger partial charge in [-0.05, 0) is 73.4 Å². The second-order valence-electron chi connectivity index (χ2n) is 10.9. The number of carbonyl (C=O) groups excluding carboxylic acids is 2. The maximum absolute atomic E-state index is 13.8. The minimum absolute atomic E-state index is 0.216. The van der Waals surface area contributed by atoms with E-state index in [1.54, 1.807) is 0 Å². The lowest BCUT2D eigenvalue weighted by molar-refractivity contribution is 0.0999. The number of benzene rings is 2. The summed E-state index contributed by atoms with van der Waals surface area (Å²) in [6.45, 7) is 8.89. The van der Waals surface area contributed by atoms with E-state index >= 15 is 0 Å². The molecule has 0 radical (unpaired) electrons. The van der Waals surface area contributed by atoms with Crippen LogP contribution >= 0.6 is 27.3 Å². The molecule has 0 spiro atoms. The molecule has 3 N–H and O–H groups in total. The maximum Gasteiger partial charge on any atom is 0.257 e. The number of nitrogens with one attached hydrogen (secondary N) is 1. The van der Waals surface area contributed by atoms with Crippen molar-refractivity contribution < 1.29 is 9.59 Å². The third-order valence-corrected chi connectivity index (χ3v) is 9.75. The Morgan fingerprint density at radius 2 is 1.97 bits per heavy atom. The molecule has 38 heavy (non-hydrogen) atoms. The Kier molecular flexibility index (Phi) is 7.18. The van der Waals surface area contributed by atoms with E-state index in [1.165, 1.54) is 11.3 Å². The molecular weight excluding hydrogens is 558 g/mol. The standard InChI is InChI=1S/C31H32BrN3O2S/c1-5-31(3,4)19-9-11-21-26(14-19)38-30(27(21)28(33)36)35-29(37)23-16-25(18-8-6-7-17(2)13-18)34-24-12-10-20(32)15-22(23)24/h6-8,10,12-13,15-16,19H,5,9,11,14H2,1-4H3,(H2,33,36)(H,35,37)/t19-/m0/s1. The van der Waals surface area contributed by atoms with E-state index < -0.39 is 5.91 Å². The number of primary amides is 1. The highest BCUT2D eigenvalue weighted by atomic mass is 79.9. The van der Waals surface area contributed by atoms with Crippen LogP contribution in [0.1, 0.15) is 70.3 Å². The summed E-state index contributed by atoms with van der Waals surface area (Å²) in [5.74, 6) is -0.244. The summed E-state index contributed by atoms with van der Waals surface area (Å²) in [6, 6.07) is 15.6. The molecule has 0 saturated carbocycles. The van der Waals surface area contributed by atoms with Gasteiger partial charge in [-0.25, -0.2) is 4.98 Å². The van der Waals surface area contributed by atoms with Crippen LogP contribution in [0.3, 0.4) is 0 Å². The van der Waals surface area contributed by atoms with Gasteiger partial charge in [0, 0.05) is 20.3 Å². The van der Waals surface area contributed by atoms with E-state index in [1.807, 2.05) is 49.4 Å². The van der Waals surface area contributed by atoms with E-state index in [-0.39, 0.29) is 11.3 Å². The van der Waals surface area contributed by atoms with Crippen LogP contribution in [0.5, 0.6) is 0 Å². The van der Waals surface area contributed by atoms with Gasteiger partial charge in [-0.2, -0.15) is 0 Å². The normalized spacial score (nSPS) is 15.3. The summed E-state index contributed by atoms with van der Waals surface area (Å²) in [5, 5.41) is 4.35. The molecule has 1 aliphatic rings. The van der Waals surface area contributed by atoms with E-state index in [2.05, 4.69) is 48.1 Å². The number of halogens is 1. The van der Waals surface area contributed by atoms with Crippen molar-refractivity contribution in [3.05, 3.63) is 80.1 Å². The topological polar surface area (TPSA) is 85.1 Å². The van der Waals surface area contributed by atoms with E-state index in [0.717, 1.165) is 68.3 Å². The Morgan fingerprint density at radius 3 is 2.68 bits per heavy atom. The molecule has 0 saturated heterocycles. The third kappa shape index (κ3) is 5.02. The number of fused-ring (bicyclic) bond motifs is 2. The first-order valence-corrected chi connectivity index (χ1v) is 14.6. The molecule has 0 aliphatic heterocycles. The fourth-order valence-corrected chi connectivity index (χ4v) is 7.09. The maximum atomic E-state index is 13.8. The van der Waals surface area contributed by atoms with Crippen LogP contribution in [0.25, 0.3) is 22.2 Å². The summed E-state index contributed by atoms with van der Waals surface area (Å²) < 4.78 is 0.859. The summed E-state index contributed by atoms with van der Waals surface area (Å²) in [4.78, 5) is 32.4. The van der Waals surface area contributed by atoms with Crippen molar-refractivity contribution in [2.45, 2.75) is 53.4 Å². The van der Waals surface area contributed by atoms with Gasteiger partial charge < -0.3 is 11.1 Å². The fraction of sp³-hybridized carbons (Fsp3) is 0.323. The second-order valence-corrected chi connectivity index (χ2v) is 12.9. The zero-order valence-corrected chi connectivity index (χ0v) is 24.6. The molecule has 0 unspecified atom stereocenters. The molecule has 2 amide bonds. The average Bonchev–Trinajstić information content (AvgIpc) is 3.25. The Hall–Kier alpha value is -3.03. The van der Waals surface area contributed by atoms with E-state index in [9.17, 15) is 9.59 Å². The van der Waals surface area contributed by atoms with Gasteiger partial charge in [0.1, 0.15) is 5.00 Å². The van der Waals surface area contributed by atoms with E-state index in [4.69, 9.17) is 10.7 Å². The first kappa shape index (κ1) is 26.6. The van der Waals surface area contributed by atoms with Gasteiger partial charge in [0.05, 0.1) is 22.3 Å². The van der Waals surface area contributed by atoms with Crippen LogP contribution in [-0.2, 0) is 12.8 Å². The van der Waals surface area contributed by atoms with Gasteiger partial charge in [0.2, 0.25) is 0 Å². The van der Waals surface area contributed by atoms with Crippen molar-refractivity contribution >= 4 is 55.0 Å². The SMILES string of the molecule is CCC(C)(C)[C@H]1CCc2c(sc(NC(=O)c3cc(-c4cccc(C)c4)nc4ccc(Br)cc34)c2C(N)=O)C1. The number of rotatable bonds is 6. The summed E-state index contributed by atoms with van der Waals surface area (Å²) >= 11 is 5.03. The van der Waals surface area contributed by atoms with Gasteiger partial charge in [0.15, 0.2) is 0 Å². The highest BCUT2D eigenvalue weighted by Crippen LogP contribution is 2.45. The molecular formula is C31H32BrN3O2S. The van der Waals surface area contributed by atoms with Crippen molar-refractivity contribution in [1.29, 1.82) is 0 Å². The monoisotopic (exact) mass is 589 g/mol. The van der Waals surface area contributed by atoms with Gasteiger partial charge in [-0.15, -0.1) is 11.3 Å². The summed E-state index contributed by atoms with van der Waals surface area (Å²) in [5.41, 5.74) is 11.6. The number of hydrogen-bond donors (Lipinski definition) is 2. The van der Waals surface area contributed by atoms with Crippen molar-refractivity contribution in [2.24, 2.45) is 17.1 Å². The van der Waals surface area contributed by atoms with Crippen LogP contribution in [0.2, 0.25) is 0 Å². The second kappa shape index (κ2) is 10.3. The molecule has 2 aromatic carbocycles. The number of aryl methyl sites for hydroxylation is 1. The molecule has 0 fully saturated rings. The third-order valence-electron chi connectivity index (χ3n) is 8.08. The van der Waals surface area contributed by atoms with Crippen LogP contribution in [-0.4, -0.2) is 16.8 Å². The highest BCUT2D eigenvalue weighted by molar-refractivity contribution is 9.10. The number of amides is 2. The molecule has 2 aromatic heterocycles. The Bertz CT molecular complexity index is 1570. The van der Waals surface area contributed by atoms with Crippen LogP contribution in [0, 0.1) is 18.3 Å². The predicted molar refractivity (Wildman–Crippen MR) is 160 cm³/mol. The number of anilines is 1. The Morgan fingerprint density at radius 1 is 1.18 bits per heavy atom. The first-order valence-electron chi connectivity index (χ1n) is 13.0. The number of nitrogens with two attached hydrogens (primary N) is 1. The van der Waals surface area contributed by atoms with Gasteiger partial charge in [0.25, 0.3) is 11.8 Å². The number of thiophene rings is 1. The zero-order valence-electron chi connectivity index (χ0n) is 22.2. The van der Waals surface area contributed by atoms with Crippen LogP contribution in [0.4, 0.5) is 5.00 Å². The van der Waals surface area contributed by atoms with Gasteiger partial charge >= 0.3 is 0 Å². The molecule has 7 heteroatoms. The van der Waals surface area contributed by atoms with Crippen molar-refractivity contribution in [3.8, 4) is 11.3 Å². The minimum Gasteiger partial charge on any atom is -0.365 e. The lowest BCUT2D eigenvalue weighted by atomic mass is 9.69. The number of aromatic nitrogens is 1. The molecule has 5 rings (SSSR count). The molecule has 5 nitrogen and oxygen atoms in total. The lowest BCUT2D eigenvalue weighted by Gasteiger charge is -2.36. The number of carbonyl (C=O) groups is 2. The number of nitrogens with zero attached hydrogens (tertiary/aromatic N) is 1. The average molecular weight is 591 g/mol. The Balaban J connectivity index is 1.56. The predicted octanol–water partition coefficient (Wildman–Crippen LogP) is 7.93. The molecule has 0 bridgehead atoms. The lowest BCUT2D eigenvalue weighted by Crippen LogP contribution is -2.29. The molecule has 196 valence electrons. The first-order chi connectivity index (χ1) is 18.1. The smallest absolute Gasteiger partial charge is 0.257 e. The van der Waals surface area contributed by atoms with E-state index in [0.29, 0.717) is 22.0 Å². The van der Waals surface area contributed by atoms with Crippen molar-refractivity contribution in [3.63, 3.8) is 0 Å². The van der Waals surface area contributed by atoms with Crippen molar-refractivity contribution in [1.82, 2.24) is 4.98 Å². The molecule has 4 aromatic rings. The minimum atomic E-state index is -0.492. The Labute approximate surface area is 236 Å². The zero-order chi connectivity index (χ0) is 27.2. The largest absolute Gasteiger partial charge is 0.365 e. The fourth-order valence-electron chi connectivity index (χ4n) is 5.40. The number of pyridine rings is 1. The molecule has 1 atom stereocenters. The summed E-state index contributed by atoms with van der Waals surface area (Å²) in [7, 11) is 0. The van der Waals surface area contributed by atoms with Gasteiger partial charge in [-0.3, -0.25) is 9.59 Å². The molecule has 1 aliphatic carbocycles. The van der Waals surface area contributed by atoms with Gasteiger partial charge in [-0.1, -0.05) is 66.9 Å². The summed E-state index contributed by atoms with van der Waals surface area (Å²) in [6.07, 6.45) is 3.82. The quantitative estimate of drug-likeness (QED) is 0.239. The highest BCUT2D eigenvalue weighted by Gasteiger charge is 2.35. The molecule has 2 heterocycles.